The van der Waals surface area contributed by atoms with Crippen molar-refractivity contribution in [1.29, 1.82) is 0 Å². The van der Waals surface area contributed by atoms with Crippen molar-refractivity contribution in [1.82, 2.24) is 4.98 Å². The van der Waals surface area contributed by atoms with E-state index in [1.807, 2.05) is 44.3 Å². The van der Waals surface area contributed by atoms with Crippen molar-refractivity contribution in [3.63, 3.8) is 0 Å². The van der Waals surface area contributed by atoms with Crippen molar-refractivity contribution in [2.45, 2.75) is 13.8 Å². The van der Waals surface area contributed by atoms with Crippen LogP contribution in [0.15, 0.2) is 47.8 Å². The van der Waals surface area contributed by atoms with Crippen molar-refractivity contribution in [3.05, 3.63) is 47.5 Å². The van der Waals surface area contributed by atoms with Crippen molar-refractivity contribution in [3.8, 4) is 0 Å². The highest BCUT2D eigenvalue weighted by molar-refractivity contribution is 5.77. The van der Waals surface area contributed by atoms with Crippen LogP contribution in [0.3, 0.4) is 0 Å². The molecule has 80 valence electrons. The van der Waals surface area contributed by atoms with Crippen LogP contribution in [-0.4, -0.2) is 12.0 Å². The maximum Gasteiger partial charge on any atom is 0.0701 e. The lowest BCUT2D eigenvalue weighted by molar-refractivity contribution is 1.41. The number of pyridine rings is 1. The van der Waals surface area contributed by atoms with Crippen molar-refractivity contribution in [2.75, 3.05) is 7.05 Å². The molecule has 1 aromatic carbocycles. The van der Waals surface area contributed by atoms with Crippen molar-refractivity contribution >= 4 is 10.9 Å². The second-order valence-corrected chi connectivity index (χ2v) is 2.38. The van der Waals surface area contributed by atoms with Crippen LogP contribution in [0.25, 0.3) is 10.9 Å². The molecule has 0 fully saturated rings. The summed E-state index contributed by atoms with van der Waals surface area (Å²) < 4.78 is 0. The summed E-state index contributed by atoms with van der Waals surface area (Å²) in [4.78, 5) is 12.7. The molecular weight excluding hydrogens is 188 g/mol. The molecule has 2 aromatic rings. The van der Waals surface area contributed by atoms with Crippen LogP contribution in [0.5, 0.6) is 0 Å². The highest BCUT2D eigenvalue weighted by Crippen LogP contribution is 2.07. The van der Waals surface area contributed by atoms with Gasteiger partial charge in [-0.15, -0.1) is 0 Å². The summed E-state index contributed by atoms with van der Waals surface area (Å²) in [7, 11) is 1.19. The van der Waals surface area contributed by atoms with E-state index in [9.17, 15) is 0 Å². The number of benzene rings is 1. The van der Waals surface area contributed by atoms with Gasteiger partial charge in [-0.2, -0.15) is 4.91 Å². The van der Waals surface area contributed by atoms with Crippen LogP contribution in [0.4, 0.5) is 0 Å². The van der Waals surface area contributed by atoms with E-state index in [2.05, 4.69) is 22.3 Å². The van der Waals surface area contributed by atoms with Gasteiger partial charge in [0.05, 0.1) is 12.6 Å². The van der Waals surface area contributed by atoms with E-state index in [1.165, 1.54) is 12.4 Å². The van der Waals surface area contributed by atoms with Gasteiger partial charge in [0, 0.05) is 11.6 Å². The van der Waals surface area contributed by atoms with Crippen LogP contribution in [-0.2, 0) is 0 Å². The molecule has 0 aliphatic carbocycles. The molecule has 0 atom stereocenters. The van der Waals surface area contributed by atoms with E-state index in [4.69, 9.17) is 4.91 Å². The highest BCUT2D eigenvalue weighted by Gasteiger charge is 1.86. The van der Waals surface area contributed by atoms with E-state index in [0.717, 1.165) is 5.52 Å². The molecule has 0 saturated heterocycles. The molecule has 1 heterocycles. The Morgan fingerprint density at radius 2 is 1.60 bits per heavy atom. The third-order valence-corrected chi connectivity index (χ3v) is 1.51. The first kappa shape index (κ1) is 13.2. The molecule has 3 heteroatoms. The van der Waals surface area contributed by atoms with Gasteiger partial charge < -0.3 is 0 Å². The molecule has 3 nitrogen and oxygen atoms in total. The monoisotopic (exact) mass is 204 g/mol. The molecule has 0 N–H and O–H groups in total. The Morgan fingerprint density at radius 3 is 2.20 bits per heavy atom. The predicted octanol–water partition coefficient (Wildman–Crippen LogP) is 3.64. The summed E-state index contributed by atoms with van der Waals surface area (Å²) in [5, 5.41) is 3.45. The van der Waals surface area contributed by atoms with Gasteiger partial charge in [-0.05, 0) is 12.1 Å². The summed E-state index contributed by atoms with van der Waals surface area (Å²) in [5.74, 6) is 0. The third kappa shape index (κ3) is 4.86. The maximum atomic E-state index is 8.56. The SMILES string of the molecule is CC.CN=O.c1ccc2ncccc2c1. The summed E-state index contributed by atoms with van der Waals surface area (Å²) in [6.45, 7) is 4.00. The summed E-state index contributed by atoms with van der Waals surface area (Å²) in [6, 6.07) is 12.1. The number of hydrogen-bond acceptors (Lipinski definition) is 3. The predicted molar refractivity (Wildman–Crippen MR) is 64.8 cm³/mol. The van der Waals surface area contributed by atoms with Gasteiger partial charge in [-0.3, -0.25) is 4.98 Å². The van der Waals surface area contributed by atoms with Crippen LogP contribution in [0.1, 0.15) is 13.8 Å². The molecule has 0 saturated carbocycles. The Labute approximate surface area is 90.1 Å². The summed E-state index contributed by atoms with van der Waals surface area (Å²) >= 11 is 0. The minimum Gasteiger partial charge on any atom is -0.256 e. The molecule has 1 aromatic heterocycles. The van der Waals surface area contributed by atoms with Gasteiger partial charge in [-0.25, -0.2) is 0 Å². The van der Waals surface area contributed by atoms with Crippen molar-refractivity contribution < 1.29 is 0 Å². The Morgan fingerprint density at radius 1 is 1.07 bits per heavy atom. The zero-order chi connectivity index (χ0) is 11.5. The Balaban J connectivity index is 0.000000342. The molecule has 0 spiro atoms. The fraction of sp³-hybridized carbons (Fsp3) is 0.250. The van der Waals surface area contributed by atoms with E-state index in [0.29, 0.717) is 0 Å². The second kappa shape index (κ2) is 8.81. The first-order valence-electron chi connectivity index (χ1n) is 4.89. The lowest BCUT2D eigenvalue weighted by atomic mass is 10.2. The van der Waals surface area contributed by atoms with Crippen LogP contribution >= 0.6 is 0 Å². The molecule has 2 rings (SSSR count). The molecule has 0 amide bonds. The standard InChI is InChI=1S/C9H7N.C2H6.CH3NO/c1-2-6-9-8(4-1)5-3-7-10-9;1-2;1-2-3/h1-7H;1-2H3;1H3. The van der Waals surface area contributed by atoms with Crippen LogP contribution < -0.4 is 0 Å². The molecule has 0 bridgehead atoms. The third-order valence-electron chi connectivity index (χ3n) is 1.51. The average molecular weight is 204 g/mol. The maximum absolute atomic E-state index is 8.56. The summed E-state index contributed by atoms with van der Waals surface area (Å²) in [6.07, 6.45) is 1.81. The lowest BCUT2D eigenvalue weighted by Gasteiger charge is -1.91. The Bertz CT molecular complexity index is 323. The number of fused-ring (bicyclic) bond motifs is 1. The molecular formula is C12H16N2O. The Hall–Kier alpha value is -1.77. The largest absolute Gasteiger partial charge is 0.256 e. The smallest absolute Gasteiger partial charge is 0.0701 e. The molecule has 0 aliphatic heterocycles. The second-order valence-electron chi connectivity index (χ2n) is 2.38. The minimum atomic E-state index is 1.06. The minimum absolute atomic E-state index is 1.06. The first-order valence-corrected chi connectivity index (χ1v) is 4.89. The molecule has 0 aliphatic rings. The van der Waals surface area contributed by atoms with Gasteiger partial charge >= 0.3 is 0 Å². The zero-order valence-corrected chi connectivity index (χ0v) is 9.34. The topological polar surface area (TPSA) is 42.3 Å². The Kier molecular flexibility index (Phi) is 7.77. The van der Waals surface area contributed by atoms with Gasteiger partial charge in [-0.1, -0.05) is 43.3 Å². The number of hydrogen-bond donors (Lipinski definition) is 0. The van der Waals surface area contributed by atoms with E-state index < -0.39 is 0 Å². The van der Waals surface area contributed by atoms with E-state index in [-0.39, 0.29) is 0 Å². The first-order chi connectivity index (χ1) is 7.38. The molecule has 0 radical (unpaired) electrons. The number of para-hydroxylation sites is 1. The van der Waals surface area contributed by atoms with E-state index >= 15 is 0 Å². The summed E-state index contributed by atoms with van der Waals surface area (Å²) in [5.41, 5.74) is 1.06. The fourth-order valence-electron chi connectivity index (χ4n) is 1.02. The molecule has 0 unspecified atom stereocenters. The van der Waals surface area contributed by atoms with Crippen LogP contribution in [0, 0.1) is 4.91 Å². The highest BCUT2D eigenvalue weighted by atomic mass is 16.2. The lowest BCUT2D eigenvalue weighted by Crippen LogP contribution is -1.73. The average Bonchev–Trinajstić information content (AvgIpc) is 2.33. The van der Waals surface area contributed by atoms with Gasteiger partial charge in [0.15, 0.2) is 0 Å². The zero-order valence-electron chi connectivity index (χ0n) is 9.34. The number of aromatic nitrogens is 1. The van der Waals surface area contributed by atoms with Crippen LogP contribution in [0.2, 0.25) is 0 Å². The number of nitroso groups, excluding NO2 is 1. The normalized spacial score (nSPS) is 7.93. The van der Waals surface area contributed by atoms with Gasteiger partial charge in [0.1, 0.15) is 0 Å². The number of rotatable bonds is 0. The van der Waals surface area contributed by atoms with Gasteiger partial charge in [0.2, 0.25) is 0 Å². The number of nitrogens with zero attached hydrogens (tertiary/aromatic N) is 2. The molecule has 15 heavy (non-hydrogen) atoms. The van der Waals surface area contributed by atoms with E-state index in [1.54, 1.807) is 0 Å². The van der Waals surface area contributed by atoms with Crippen molar-refractivity contribution in [2.24, 2.45) is 5.18 Å². The van der Waals surface area contributed by atoms with Gasteiger partial charge in [0.25, 0.3) is 0 Å². The fourth-order valence-corrected chi connectivity index (χ4v) is 1.02. The quantitative estimate of drug-likeness (QED) is 0.615.